The number of carbonyl (C=O) groups is 1. The van der Waals surface area contributed by atoms with Gasteiger partial charge >= 0.3 is 0 Å². The van der Waals surface area contributed by atoms with Crippen molar-refractivity contribution in [3.63, 3.8) is 0 Å². The van der Waals surface area contributed by atoms with Gasteiger partial charge < -0.3 is 10.6 Å². The van der Waals surface area contributed by atoms with Crippen LogP contribution in [0.15, 0.2) is 54.6 Å². The van der Waals surface area contributed by atoms with Crippen LogP contribution in [0.5, 0.6) is 0 Å². The molecule has 2 aromatic carbocycles. The average Bonchev–Trinajstić information content (AvgIpc) is 2.69. The first-order chi connectivity index (χ1) is 13.2. The number of nitrogens with one attached hydrogen (secondary N) is 2. The molecular formula is C22H30N4O. The van der Waals surface area contributed by atoms with Crippen molar-refractivity contribution < 1.29 is 4.79 Å². The first-order valence-corrected chi connectivity index (χ1v) is 9.75. The van der Waals surface area contributed by atoms with E-state index in [0.29, 0.717) is 6.54 Å². The maximum absolute atomic E-state index is 12.0. The van der Waals surface area contributed by atoms with E-state index in [1.165, 1.54) is 11.1 Å². The molecule has 0 radical (unpaired) electrons. The van der Waals surface area contributed by atoms with Gasteiger partial charge in [-0.25, -0.2) is 0 Å². The van der Waals surface area contributed by atoms with Crippen molar-refractivity contribution in [3.05, 3.63) is 65.7 Å². The number of amides is 1. The van der Waals surface area contributed by atoms with Gasteiger partial charge in [0.05, 0.1) is 6.54 Å². The maximum Gasteiger partial charge on any atom is 0.238 e. The lowest BCUT2D eigenvalue weighted by Gasteiger charge is -2.34. The van der Waals surface area contributed by atoms with Crippen LogP contribution in [0.2, 0.25) is 0 Å². The van der Waals surface area contributed by atoms with Crippen molar-refractivity contribution in [1.29, 1.82) is 0 Å². The number of aryl methyl sites for hydroxylation is 1. The number of hydrogen-bond donors (Lipinski definition) is 2. The molecule has 1 fully saturated rings. The molecule has 2 N–H and O–H groups in total. The van der Waals surface area contributed by atoms with E-state index in [9.17, 15) is 4.79 Å². The van der Waals surface area contributed by atoms with Crippen LogP contribution in [0.25, 0.3) is 0 Å². The van der Waals surface area contributed by atoms with Crippen molar-refractivity contribution in [2.24, 2.45) is 0 Å². The molecule has 144 valence electrons. The molecule has 0 saturated carbocycles. The summed E-state index contributed by atoms with van der Waals surface area (Å²) in [5.74, 6) is 0.00605. The normalized spacial score (nSPS) is 15.6. The van der Waals surface area contributed by atoms with Gasteiger partial charge in [0, 0.05) is 51.5 Å². The Morgan fingerprint density at radius 3 is 2.30 bits per heavy atom. The highest BCUT2D eigenvalue weighted by Gasteiger charge is 2.16. The molecule has 27 heavy (non-hydrogen) atoms. The zero-order valence-corrected chi connectivity index (χ0v) is 16.2. The first-order valence-electron chi connectivity index (χ1n) is 9.75. The number of carbonyl (C=O) groups excluding carboxylic acids is 1. The van der Waals surface area contributed by atoms with Gasteiger partial charge in [-0.2, -0.15) is 0 Å². The lowest BCUT2D eigenvalue weighted by Crippen LogP contribution is -2.48. The lowest BCUT2D eigenvalue weighted by molar-refractivity contribution is -0.115. The van der Waals surface area contributed by atoms with Crippen molar-refractivity contribution in [1.82, 2.24) is 15.1 Å². The monoisotopic (exact) mass is 366 g/mol. The van der Waals surface area contributed by atoms with Gasteiger partial charge in [0.25, 0.3) is 0 Å². The van der Waals surface area contributed by atoms with Crippen LogP contribution >= 0.6 is 0 Å². The molecule has 0 unspecified atom stereocenters. The Morgan fingerprint density at radius 2 is 1.59 bits per heavy atom. The average molecular weight is 367 g/mol. The van der Waals surface area contributed by atoms with E-state index in [4.69, 9.17) is 0 Å². The fourth-order valence-corrected chi connectivity index (χ4v) is 3.29. The van der Waals surface area contributed by atoms with Crippen molar-refractivity contribution in [2.75, 3.05) is 51.1 Å². The Labute approximate surface area is 162 Å². The summed E-state index contributed by atoms with van der Waals surface area (Å²) < 4.78 is 0. The van der Waals surface area contributed by atoms with E-state index in [1.54, 1.807) is 0 Å². The minimum atomic E-state index is 0.00605. The predicted octanol–water partition coefficient (Wildman–Crippen LogP) is 2.34. The fraction of sp³-hybridized carbons (Fsp3) is 0.409. The number of piperazine rings is 1. The second-order valence-corrected chi connectivity index (χ2v) is 7.19. The molecule has 1 saturated heterocycles. The molecule has 3 rings (SSSR count). The molecule has 5 nitrogen and oxygen atoms in total. The van der Waals surface area contributed by atoms with Gasteiger partial charge in [-0.05, 0) is 24.6 Å². The Bertz CT molecular complexity index is 694. The van der Waals surface area contributed by atoms with E-state index < -0.39 is 0 Å². The molecule has 1 heterocycles. The SMILES string of the molecule is Cc1ccc(NC(=O)CNCCN2CCN(Cc3ccccc3)CC2)cc1. The third-order valence-corrected chi connectivity index (χ3v) is 4.94. The summed E-state index contributed by atoms with van der Waals surface area (Å²) in [5.41, 5.74) is 3.42. The number of nitrogens with zero attached hydrogens (tertiary/aromatic N) is 2. The quantitative estimate of drug-likeness (QED) is 0.704. The number of rotatable bonds is 8. The summed E-state index contributed by atoms with van der Waals surface area (Å²) in [6, 6.07) is 18.5. The Kier molecular flexibility index (Phi) is 7.39. The van der Waals surface area contributed by atoms with Gasteiger partial charge in [0.1, 0.15) is 0 Å². The van der Waals surface area contributed by atoms with Crippen molar-refractivity contribution >= 4 is 11.6 Å². The number of anilines is 1. The van der Waals surface area contributed by atoms with E-state index in [2.05, 4.69) is 50.8 Å². The van der Waals surface area contributed by atoms with Gasteiger partial charge in [-0.1, -0.05) is 48.0 Å². The van der Waals surface area contributed by atoms with E-state index >= 15 is 0 Å². The smallest absolute Gasteiger partial charge is 0.238 e. The highest BCUT2D eigenvalue weighted by atomic mass is 16.1. The van der Waals surface area contributed by atoms with Crippen LogP contribution < -0.4 is 10.6 Å². The summed E-state index contributed by atoms with van der Waals surface area (Å²) in [5, 5.41) is 6.16. The topological polar surface area (TPSA) is 47.6 Å². The molecular weight excluding hydrogens is 336 g/mol. The Morgan fingerprint density at radius 1 is 0.926 bits per heavy atom. The molecule has 0 spiro atoms. The minimum Gasteiger partial charge on any atom is -0.325 e. The molecule has 0 aromatic heterocycles. The molecule has 2 aromatic rings. The summed E-state index contributed by atoms with van der Waals surface area (Å²) in [4.78, 5) is 16.9. The molecule has 1 aliphatic heterocycles. The van der Waals surface area contributed by atoms with Crippen molar-refractivity contribution in [2.45, 2.75) is 13.5 Å². The molecule has 1 aliphatic rings. The standard InChI is InChI=1S/C22H30N4O/c1-19-7-9-21(10-8-19)24-22(27)17-23-11-12-25-13-15-26(16-14-25)18-20-5-3-2-4-6-20/h2-10,23H,11-18H2,1H3,(H,24,27). The van der Waals surface area contributed by atoms with Gasteiger partial charge in [-0.15, -0.1) is 0 Å². The molecule has 0 bridgehead atoms. The van der Waals surface area contributed by atoms with Crippen molar-refractivity contribution in [3.8, 4) is 0 Å². The minimum absolute atomic E-state index is 0.00605. The molecule has 5 heteroatoms. The van der Waals surface area contributed by atoms with E-state index in [-0.39, 0.29) is 5.91 Å². The van der Waals surface area contributed by atoms with E-state index in [0.717, 1.165) is 51.5 Å². The third-order valence-electron chi connectivity index (χ3n) is 4.94. The highest BCUT2D eigenvalue weighted by Crippen LogP contribution is 2.09. The lowest BCUT2D eigenvalue weighted by atomic mass is 10.2. The zero-order valence-electron chi connectivity index (χ0n) is 16.2. The predicted molar refractivity (Wildman–Crippen MR) is 111 cm³/mol. The van der Waals surface area contributed by atoms with Crippen LogP contribution in [0, 0.1) is 6.92 Å². The van der Waals surface area contributed by atoms with Gasteiger partial charge in [-0.3, -0.25) is 14.6 Å². The zero-order chi connectivity index (χ0) is 18.9. The van der Waals surface area contributed by atoms with Gasteiger partial charge in [0.15, 0.2) is 0 Å². The molecule has 0 aliphatic carbocycles. The largest absolute Gasteiger partial charge is 0.325 e. The fourth-order valence-electron chi connectivity index (χ4n) is 3.29. The third kappa shape index (κ3) is 6.79. The molecule has 1 amide bonds. The van der Waals surface area contributed by atoms with Crippen LogP contribution in [0.4, 0.5) is 5.69 Å². The number of benzene rings is 2. The number of hydrogen-bond acceptors (Lipinski definition) is 4. The first kappa shape index (κ1) is 19.5. The Balaban J connectivity index is 1.27. The van der Waals surface area contributed by atoms with Crippen LogP contribution in [-0.4, -0.2) is 61.5 Å². The van der Waals surface area contributed by atoms with Crippen LogP contribution in [0.3, 0.4) is 0 Å². The second-order valence-electron chi connectivity index (χ2n) is 7.19. The summed E-state index contributed by atoms with van der Waals surface area (Å²) in [7, 11) is 0. The van der Waals surface area contributed by atoms with Gasteiger partial charge in [0.2, 0.25) is 5.91 Å². The summed E-state index contributed by atoms with van der Waals surface area (Å²) in [6.45, 7) is 9.61. The summed E-state index contributed by atoms with van der Waals surface area (Å²) >= 11 is 0. The molecule has 0 atom stereocenters. The maximum atomic E-state index is 12.0. The van der Waals surface area contributed by atoms with Crippen LogP contribution in [-0.2, 0) is 11.3 Å². The Hall–Kier alpha value is -2.21. The van der Waals surface area contributed by atoms with E-state index in [1.807, 2.05) is 31.2 Å². The second kappa shape index (κ2) is 10.2. The highest BCUT2D eigenvalue weighted by molar-refractivity contribution is 5.92. The summed E-state index contributed by atoms with van der Waals surface area (Å²) in [6.07, 6.45) is 0. The van der Waals surface area contributed by atoms with Crippen LogP contribution in [0.1, 0.15) is 11.1 Å².